The molecule has 4 aliphatic rings. The molecule has 2 atom stereocenters. The van der Waals surface area contributed by atoms with Gasteiger partial charge in [0.1, 0.15) is 0 Å². The maximum atomic E-state index is 3.70. The SMILES string of the molecule is C1CCC2(C1)C1CNCC2CN(CC2CC2)C1. The van der Waals surface area contributed by atoms with Gasteiger partial charge < -0.3 is 10.2 Å². The van der Waals surface area contributed by atoms with E-state index in [1.165, 1.54) is 58.4 Å². The summed E-state index contributed by atoms with van der Waals surface area (Å²) in [7, 11) is 0. The third-order valence-corrected chi connectivity index (χ3v) is 6.11. The van der Waals surface area contributed by atoms with Gasteiger partial charge in [0.2, 0.25) is 0 Å². The number of hydrogen-bond donors (Lipinski definition) is 1. The summed E-state index contributed by atoms with van der Waals surface area (Å²) in [6.45, 7) is 6.83. The Morgan fingerprint density at radius 3 is 2.24 bits per heavy atom. The Balaban J connectivity index is 1.52. The monoisotopic (exact) mass is 234 g/mol. The van der Waals surface area contributed by atoms with Gasteiger partial charge in [0.05, 0.1) is 0 Å². The lowest BCUT2D eigenvalue weighted by Crippen LogP contribution is -2.61. The molecule has 0 aromatic rings. The predicted molar refractivity (Wildman–Crippen MR) is 69.9 cm³/mol. The van der Waals surface area contributed by atoms with Crippen molar-refractivity contribution in [2.24, 2.45) is 23.2 Å². The first-order valence-electron chi connectivity index (χ1n) is 7.80. The lowest BCUT2D eigenvalue weighted by atomic mass is 9.60. The van der Waals surface area contributed by atoms with Crippen LogP contribution in [0.3, 0.4) is 0 Å². The Morgan fingerprint density at radius 1 is 1.00 bits per heavy atom. The standard InChI is InChI=1S/C15H26N2/c1-2-6-15(5-1)13-7-16-8-14(15)11-17(10-13)9-12-3-4-12/h12-14,16H,1-11H2. The van der Waals surface area contributed by atoms with Crippen LogP contribution in [0.1, 0.15) is 38.5 Å². The van der Waals surface area contributed by atoms with Gasteiger partial charge in [-0.25, -0.2) is 0 Å². The number of nitrogens with zero attached hydrogens (tertiary/aromatic N) is 1. The maximum Gasteiger partial charge on any atom is 0.00275 e. The second kappa shape index (κ2) is 3.96. The summed E-state index contributed by atoms with van der Waals surface area (Å²) in [4.78, 5) is 2.82. The lowest BCUT2D eigenvalue weighted by molar-refractivity contribution is -0.0464. The molecule has 0 amide bonds. The van der Waals surface area contributed by atoms with Crippen LogP contribution in [-0.2, 0) is 0 Å². The lowest BCUT2D eigenvalue weighted by Gasteiger charge is -2.55. The summed E-state index contributed by atoms with van der Waals surface area (Å²) < 4.78 is 0. The number of rotatable bonds is 2. The number of likely N-dealkylation sites (tertiary alicyclic amines) is 1. The molecule has 4 fully saturated rings. The first kappa shape index (κ1) is 10.8. The molecule has 4 rings (SSSR count). The Morgan fingerprint density at radius 2 is 1.65 bits per heavy atom. The summed E-state index contributed by atoms with van der Waals surface area (Å²) in [6.07, 6.45) is 9.12. The van der Waals surface area contributed by atoms with Crippen molar-refractivity contribution in [2.75, 3.05) is 32.7 Å². The topological polar surface area (TPSA) is 15.3 Å². The Hall–Kier alpha value is -0.0800. The van der Waals surface area contributed by atoms with Gasteiger partial charge in [0.15, 0.2) is 0 Å². The normalized spacial score (nSPS) is 40.9. The van der Waals surface area contributed by atoms with E-state index in [0.29, 0.717) is 0 Å². The van der Waals surface area contributed by atoms with Crippen LogP contribution in [0.4, 0.5) is 0 Å². The van der Waals surface area contributed by atoms with E-state index in [4.69, 9.17) is 0 Å². The molecule has 2 aliphatic carbocycles. The van der Waals surface area contributed by atoms with Gasteiger partial charge in [-0.3, -0.25) is 0 Å². The Kier molecular flexibility index (Phi) is 2.52. The van der Waals surface area contributed by atoms with Gasteiger partial charge in [-0.1, -0.05) is 12.8 Å². The van der Waals surface area contributed by atoms with Crippen LogP contribution in [0.15, 0.2) is 0 Å². The zero-order valence-electron chi connectivity index (χ0n) is 11.0. The Bertz CT molecular complexity index is 275. The highest BCUT2D eigenvalue weighted by atomic mass is 15.2. The summed E-state index contributed by atoms with van der Waals surface area (Å²) >= 11 is 0. The second-order valence-electron chi connectivity index (χ2n) is 7.15. The smallest absolute Gasteiger partial charge is 0.00275 e. The largest absolute Gasteiger partial charge is 0.316 e. The average Bonchev–Trinajstić information content (AvgIpc) is 2.98. The molecule has 2 saturated carbocycles. The number of piperidine rings is 2. The fourth-order valence-corrected chi connectivity index (χ4v) is 5.03. The molecule has 2 heteroatoms. The molecule has 0 aromatic heterocycles. The molecule has 96 valence electrons. The predicted octanol–water partition coefficient (Wildman–Crippen LogP) is 2.11. The van der Waals surface area contributed by atoms with Gasteiger partial charge in [-0.2, -0.15) is 0 Å². The van der Waals surface area contributed by atoms with E-state index in [-0.39, 0.29) is 0 Å². The molecule has 2 aliphatic heterocycles. The fraction of sp³-hybridized carbons (Fsp3) is 1.00. The van der Waals surface area contributed by atoms with Crippen molar-refractivity contribution >= 4 is 0 Å². The molecule has 17 heavy (non-hydrogen) atoms. The van der Waals surface area contributed by atoms with Crippen LogP contribution < -0.4 is 5.32 Å². The number of hydrogen-bond acceptors (Lipinski definition) is 2. The summed E-state index contributed by atoms with van der Waals surface area (Å²) in [5, 5.41) is 3.70. The van der Waals surface area contributed by atoms with Crippen molar-refractivity contribution in [2.45, 2.75) is 38.5 Å². The highest BCUT2D eigenvalue weighted by Crippen LogP contribution is 2.54. The van der Waals surface area contributed by atoms with Crippen LogP contribution >= 0.6 is 0 Å². The molecule has 2 nitrogen and oxygen atoms in total. The minimum atomic E-state index is 0.769. The highest BCUT2D eigenvalue weighted by Gasteiger charge is 2.52. The van der Waals surface area contributed by atoms with Gasteiger partial charge in [-0.15, -0.1) is 0 Å². The molecule has 1 N–H and O–H groups in total. The van der Waals surface area contributed by atoms with Crippen molar-refractivity contribution in [3.8, 4) is 0 Å². The molecule has 2 bridgehead atoms. The maximum absolute atomic E-state index is 3.70. The summed E-state index contributed by atoms with van der Waals surface area (Å²) in [5.41, 5.74) is 0.769. The molecule has 1 spiro atoms. The van der Waals surface area contributed by atoms with Crippen LogP contribution in [0, 0.1) is 23.2 Å². The molecule has 2 saturated heterocycles. The molecule has 2 heterocycles. The summed E-state index contributed by atoms with van der Waals surface area (Å²) in [6, 6.07) is 0. The van der Waals surface area contributed by atoms with Gasteiger partial charge in [-0.05, 0) is 61.9 Å². The van der Waals surface area contributed by atoms with E-state index in [1.54, 1.807) is 12.8 Å². The fourth-order valence-electron chi connectivity index (χ4n) is 5.03. The van der Waals surface area contributed by atoms with E-state index in [0.717, 1.165) is 23.2 Å². The van der Waals surface area contributed by atoms with Crippen molar-refractivity contribution in [3.05, 3.63) is 0 Å². The van der Waals surface area contributed by atoms with E-state index >= 15 is 0 Å². The van der Waals surface area contributed by atoms with E-state index in [2.05, 4.69) is 10.2 Å². The highest BCUT2D eigenvalue weighted by molar-refractivity contribution is 5.05. The van der Waals surface area contributed by atoms with Gasteiger partial charge >= 0.3 is 0 Å². The molecule has 2 unspecified atom stereocenters. The summed E-state index contributed by atoms with van der Waals surface area (Å²) in [5.74, 6) is 3.01. The van der Waals surface area contributed by atoms with Crippen LogP contribution in [0.25, 0.3) is 0 Å². The zero-order chi connectivity index (χ0) is 11.3. The van der Waals surface area contributed by atoms with Crippen LogP contribution in [0.5, 0.6) is 0 Å². The zero-order valence-corrected chi connectivity index (χ0v) is 11.0. The third kappa shape index (κ3) is 1.76. The van der Waals surface area contributed by atoms with Crippen molar-refractivity contribution in [1.82, 2.24) is 10.2 Å². The van der Waals surface area contributed by atoms with E-state index in [9.17, 15) is 0 Å². The van der Waals surface area contributed by atoms with E-state index in [1.807, 2.05) is 0 Å². The van der Waals surface area contributed by atoms with Crippen molar-refractivity contribution in [1.29, 1.82) is 0 Å². The molecule has 0 aromatic carbocycles. The van der Waals surface area contributed by atoms with E-state index < -0.39 is 0 Å². The minimum Gasteiger partial charge on any atom is -0.316 e. The van der Waals surface area contributed by atoms with Crippen molar-refractivity contribution in [3.63, 3.8) is 0 Å². The molecular formula is C15H26N2. The molecular weight excluding hydrogens is 208 g/mol. The number of nitrogens with one attached hydrogen (secondary N) is 1. The second-order valence-corrected chi connectivity index (χ2v) is 7.15. The third-order valence-electron chi connectivity index (χ3n) is 6.11. The minimum absolute atomic E-state index is 0.769. The Labute approximate surface area is 105 Å². The first-order valence-corrected chi connectivity index (χ1v) is 7.80. The van der Waals surface area contributed by atoms with Crippen LogP contribution in [0.2, 0.25) is 0 Å². The molecule has 0 radical (unpaired) electrons. The quantitative estimate of drug-likeness (QED) is 0.787. The first-order chi connectivity index (χ1) is 8.37. The average molecular weight is 234 g/mol. The van der Waals surface area contributed by atoms with Crippen molar-refractivity contribution < 1.29 is 0 Å². The van der Waals surface area contributed by atoms with Crippen LogP contribution in [-0.4, -0.2) is 37.6 Å². The van der Waals surface area contributed by atoms with Gasteiger partial charge in [0.25, 0.3) is 0 Å². The van der Waals surface area contributed by atoms with Gasteiger partial charge in [0, 0.05) is 19.6 Å².